The van der Waals surface area contributed by atoms with Gasteiger partial charge in [-0.2, -0.15) is 24.9 Å². The number of aromatic amines is 1. The maximum absolute atomic E-state index is 13.5. The standard InChI is InChI=1S/C29H44N2O5.C27H40N2O5.C23H37BrO3.C5H8N2.C2H6O.CO2.3CH4.Li.H2O/c1-5-36-26(33)19-15-30-31(16-19)17-25(32)24-9-8-22-21-7-6-20-14-29(34,18-35-4)13-12-27(20,2)23(21)10-11-28(22,24)3;1-25-10-11-27(33,16-34-3)12-18(25)4-5-19-20-6-7-22(26(20,2)9-8-21(19)25)23(30)15-29-14-17(13-28-29)24(31)32;1-21-10-11-23(26,14-27-3)12-15(21)4-5-16-17-6-7-19(20(25)13-24)22(17,2)9-8-18(16)21;1-2-5-3-6-7-4-5;1-2-3;2-1-3;;;;;/h15-16,20-24,34H,5-14,17-18H2,1-4H3;13-14,18-22,33H,4-12,15-16H2,1-3H3,(H,31,32);15-19,26H,4-14H2,1-3H3;3-4H,2H2,1H3,(H,6,7);3H,2H2,1H3;;3*1H4;;1H2/q;;;;;;;;;+1;/p-1/t20-,21-,22-,23-,24+,27-,28-,29+;18-,19-,20-,21-,22+,25-,26-,27+;15-,16?,17-,18-,19+,21-,22-,23+;;;;;;;;/m000......../s1. The number of halogens is 1. The van der Waals surface area contributed by atoms with Crippen molar-refractivity contribution in [1.29, 1.82) is 0 Å². The number of hydrogen-bond acceptors (Lipinski definition) is 19. The SMILES string of the molecule is C.C.C.CCO.CCOC(=O)c1cnn(CC(=O)[C@H]2CC[C@H]3[C@@H]4CC[C@H]5C[C@@](O)(COC)CC[C@]5(C)[C@H]4CC[C@]23C)c1.CCc1cn[nH]c1.COC[C@@]1(O)CC[C@@]2(C)[C@@H](CCC3[C@@H]2CC[C@]2(C)[C@@H](C(=O)CBr)CC[C@@H]32)C1.COC[C@@]1(O)CC[C@@]2(C)[C@@H](CC[C@@H]3[C@@H]2CC[C@]2(C)[C@@H](C(=O)Cn4cc(C(=O)O)cn4)CC[C@@H]32)C1.O=C=O.[Li+].[OH-]. The zero-order valence-electron chi connectivity index (χ0n) is 69.9. The van der Waals surface area contributed by atoms with E-state index in [2.05, 4.69) is 84.8 Å². The Morgan fingerprint density at radius 2 is 0.835 bits per heavy atom. The van der Waals surface area contributed by atoms with Gasteiger partial charge in [-0.25, -0.2) is 9.59 Å². The Morgan fingerprint density at radius 1 is 0.504 bits per heavy atom. The fraction of sp³-hybridized carbons (Fsp3) is 0.833. The van der Waals surface area contributed by atoms with Crippen LogP contribution in [0.4, 0.5) is 0 Å². The monoisotopic (exact) mass is 1670 g/mol. The maximum Gasteiger partial charge on any atom is 1.00 e. The van der Waals surface area contributed by atoms with E-state index in [0.29, 0.717) is 102 Å². The number of carbonyl (C=O) groups is 5. The summed E-state index contributed by atoms with van der Waals surface area (Å²) >= 11 is 3.43. The zero-order chi connectivity index (χ0) is 80.0. The van der Waals surface area contributed by atoms with Gasteiger partial charge in [0.1, 0.15) is 5.78 Å². The van der Waals surface area contributed by atoms with Gasteiger partial charge >= 0.3 is 37.0 Å². The molecule has 12 saturated carbocycles. The molecule has 3 heterocycles. The van der Waals surface area contributed by atoms with E-state index < -0.39 is 28.7 Å². The van der Waals surface area contributed by atoms with Crippen molar-refractivity contribution < 1.29 is 102 Å². The number of aliphatic hydroxyl groups is 4. The molecule has 0 saturated heterocycles. The Morgan fingerprint density at radius 3 is 1.12 bits per heavy atom. The van der Waals surface area contributed by atoms with Gasteiger partial charge in [0.2, 0.25) is 0 Å². The van der Waals surface area contributed by atoms with Crippen molar-refractivity contribution in [2.24, 2.45) is 121 Å². The van der Waals surface area contributed by atoms with E-state index in [-0.39, 0.29) is 134 Å². The number of carboxylic acids is 1. The first-order valence-electron chi connectivity index (χ1n) is 42.1. The second-order valence-corrected chi connectivity index (χ2v) is 38.4. The third-order valence-corrected chi connectivity index (χ3v) is 33.2. The number of H-pyrrole nitrogens is 1. The summed E-state index contributed by atoms with van der Waals surface area (Å²) in [5.41, 5.74) is 1.04. The molecule has 0 radical (unpaired) electrons. The van der Waals surface area contributed by atoms with E-state index >= 15 is 0 Å². The van der Waals surface area contributed by atoms with Crippen molar-refractivity contribution in [2.45, 2.75) is 294 Å². The molecule has 0 amide bonds. The van der Waals surface area contributed by atoms with Crippen LogP contribution in [0.25, 0.3) is 0 Å². The topological polar surface area (TPSA) is 352 Å². The molecular weight excluding hydrogens is 1520 g/mol. The van der Waals surface area contributed by atoms with Crippen LogP contribution in [-0.2, 0) is 62.4 Å². The average Bonchev–Trinajstić information content (AvgIpc) is 1.62. The van der Waals surface area contributed by atoms with E-state index in [1.807, 2.05) is 12.4 Å². The summed E-state index contributed by atoms with van der Waals surface area (Å²) in [7, 11) is 5.07. The molecular formula is C90H148BrLiN6O17. The minimum Gasteiger partial charge on any atom is -0.870 e. The summed E-state index contributed by atoms with van der Waals surface area (Å²) in [5, 5.41) is 65.2. The number of nitrogens with zero attached hydrogens (tertiary/aromatic N) is 5. The Kier molecular flexibility index (Phi) is 37.0. The minimum absolute atomic E-state index is 0. The number of aryl methyl sites for hydroxylation is 1. The van der Waals surface area contributed by atoms with Gasteiger partial charge in [0.05, 0.1) is 91.4 Å². The van der Waals surface area contributed by atoms with Gasteiger partial charge in [-0.1, -0.05) is 86.7 Å². The molecule has 7 N–H and O–H groups in total. The number of methoxy groups -OCH3 is 3. The molecule has 12 aliphatic rings. The van der Waals surface area contributed by atoms with Crippen LogP contribution >= 0.6 is 15.9 Å². The van der Waals surface area contributed by atoms with Crippen LogP contribution in [0.15, 0.2) is 37.2 Å². The average molecular weight is 1670 g/mol. The van der Waals surface area contributed by atoms with E-state index in [1.54, 1.807) is 46.1 Å². The summed E-state index contributed by atoms with van der Waals surface area (Å²) in [6.45, 7) is 22.5. The second-order valence-electron chi connectivity index (χ2n) is 37.8. The summed E-state index contributed by atoms with van der Waals surface area (Å²) in [5.74, 6) is 7.71. The summed E-state index contributed by atoms with van der Waals surface area (Å²) in [6, 6.07) is 0. The number of esters is 1. The quantitative estimate of drug-likeness (QED) is 0.0391. The molecule has 15 rings (SSSR count). The number of alkyl halides is 1. The van der Waals surface area contributed by atoms with Crippen LogP contribution in [0.3, 0.4) is 0 Å². The van der Waals surface area contributed by atoms with Crippen molar-refractivity contribution in [1.82, 2.24) is 29.8 Å². The molecule has 23 nitrogen and oxygen atoms in total. The van der Waals surface area contributed by atoms with E-state index in [9.17, 15) is 39.3 Å². The number of hydrogen-bond donors (Lipinski definition) is 6. The largest absolute Gasteiger partial charge is 1.00 e. The van der Waals surface area contributed by atoms with Crippen LogP contribution in [-0.4, -0.2) is 173 Å². The predicted octanol–water partition coefficient (Wildman–Crippen LogP) is 13.0. The minimum atomic E-state index is -1.02. The predicted molar refractivity (Wildman–Crippen MR) is 440 cm³/mol. The van der Waals surface area contributed by atoms with Crippen molar-refractivity contribution in [3.05, 3.63) is 53.9 Å². The van der Waals surface area contributed by atoms with Crippen LogP contribution < -0.4 is 18.9 Å². The summed E-state index contributed by atoms with van der Waals surface area (Å²) < 4.78 is 24.2. The van der Waals surface area contributed by atoms with Crippen LogP contribution in [0, 0.1) is 121 Å². The molecule has 1 unspecified atom stereocenters. The number of ketones is 3. The second kappa shape index (κ2) is 42.0. The number of ether oxygens (including phenoxy) is 4. The van der Waals surface area contributed by atoms with Gasteiger partial charge in [-0.05, 0) is 303 Å². The number of rotatable bonds is 18. The van der Waals surface area contributed by atoms with Gasteiger partial charge in [0.15, 0.2) is 11.6 Å². The number of carbonyl (C=O) groups excluding carboxylic acids is 6. The fourth-order valence-corrected chi connectivity index (χ4v) is 27.6. The molecule has 0 bridgehead atoms. The van der Waals surface area contributed by atoms with Gasteiger partial charge < -0.3 is 50.0 Å². The first-order valence-corrected chi connectivity index (χ1v) is 43.2. The van der Waals surface area contributed by atoms with E-state index in [0.717, 1.165) is 127 Å². The summed E-state index contributed by atoms with van der Waals surface area (Å²) in [6.07, 6.45) is 40.2. The number of carboxylic acid groups (broad SMARTS) is 1. The molecule has 25 heteroatoms. The molecule has 0 aromatic carbocycles. The van der Waals surface area contributed by atoms with E-state index in [4.69, 9.17) is 38.7 Å². The molecule has 12 aliphatic carbocycles. The Labute approximate surface area is 708 Å². The third kappa shape index (κ3) is 20.7. The maximum atomic E-state index is 13.5. The molecule has 24 atom stereocenters. The van der Waals surface area contributed by atoms with Gasteiger partial charge in [0.25, 0.3) is 0 Å². The molecule has 115 heavy (non-hydrogen) atoms. The number of Topliss-reactive ketones (excluding diaryl/α,β-unsaturated/α-hetero) is 3. The summed E-state index contributed by atoms with van der Waals surface area (Å²) in [4.78, 5) is 78.9. The first kappa shape index (κ1) is 101. The van der Waals surface area contributed by atoms with Crippen LogP contribution in [0.5, 0.6) is 0 Å². The number of fused-ring (bicyclic) bond motifs is 15. The smallest absolute Gasteiger partial charge is 0.870 e. The first-order chi connectivity index (χ1) is 52.3. The molecule has 12 fully saturated rings. The third-order valence-electron chi connectivity index (χ3n) is 32.6. The van der Waals surface area contributed by atoms with Gasteiger partial charge in [0, 0.05) is 64.3 Å². The van der Waals surface area contributed by atoms with Crippen LogP contribution in [0.1, 0.15) is 284 Å². The van der Waals surface area contributed by atoms with Crippen LogP contribution in [0.2, 0.25) is 0 Å². The molecule has 0 aliphatic heterocycles. The number of aliphatic hydroxyl groups excluding tert-OH is 1. The van der Waals surface area contributed by atoms with Crippen molar-refractivity contribution >= 4 is 51.4 Å². The Balaban J connectivity index is 0.000000281. The van der Waals surface area contributed by atoms with Crippen molar-refractivity contribution in [3.63, 3.8) is 0 Å². The van der Waals surface area contributed by atoms with Gasteiger partial charge in [-0.15, -0.1) is 0 Å². The molecule has 648 valence electrons. The fourth-order valence-electron chi connectivity index (χ4n) is 27.2. The molecule has 3 aromatic heterocycles. The van der Waals surface area contributed by atoms with Gasteiger partial charge in [-0.3, -0.25) is 28.8 Å². The Hall–Kier alpha value is -4.28. The van der Waals surface area contributed by atoms with Crippen molar-refractivity contribution in [2.75, 3.05) is 59.7 Å². The number of nitrogens with one attached hydrogen (secondary N) is 1. The number of aromatic nitrogens is 6. The number of aromatic carboxylic acids is 1. The normalized spacial score (nSPS) is 38.9. The Bertz CT molecular complexity index is 3630. The molecule has 0 spiro atoms. The zero-order valence-corrected chi connectivity index (χ0v) is 71.5. The van der Waals surface area contributed by atoms with Crippen molar-refractivity contribution in [3.8, 4) is 0 Å². The van der Waals surface area contributed by atoms with E-state index in [1.165, 1.54) is 99.5 Å². The molecule has 3 aromatic rings.